The molecule has 0 aromatic heterocycles. The fourth-order valence-corrected chi connectivity index (χ4v) is 5.92. The molecule has 2 rings (SSSR count). The van der Waals surface area contributed by atoms with Crippen molar-refractivity contribution in [2.45, 2.75) is 69.2 Å². The van der Waals surface area contributed by atoms with Crippen molar-refractivity contribution in [2.75, 3.05) is 0 Å². The van der Waals surface area contributed by atoms with E-state index in [9.17, 15) is 29.4 Å². The van der Waals surface area contributed by atoms with Crippen LogP contribution in [0.1, 0.15) is 69.2 Å². The first-order valence-electron chi connectivity index (χ1n) is 15.4. The summed E-state index contributed by atoms with van der Waals surface area (Å²) in [5, 5.41) is 19.0. The Morgan fingerprint density at radius 2 is 0.826 bits per heavy atom. The molecule has 0 aromatic rings. The molecule has 2 atom stereocenters. The van der Waals surface area contributed by atoms with E-state index in [-0.39, 0.29) is 11.6 Å². The van der Waals surface area contributed by atoms with Gasteiger partial charge in [-0.15, -0.1) is 0 Å². The third-order valence-corrected chi connectivity index (χ3v) is 8.69. The van der Waals surface area contributed by atoms with Crippen molar-refractivity contribution in [3.63, 3.8) is 0 Å². The Labute approximate surface area is 274 Å². The maximum atomic E-state index is 12.5. The molecule has 0 bridgehead atoms. The van der Waals surface area contributed by atoms with Gasteiger partial charge in [0, 0.05) is 10.8 Å². The third-order valence-electron chi connectivity index (χ3n) is 8.69. The Hall–Kier alpha value is -4.58. The van der Waals surface area contributed by atoms with Gasteiger partial charge in [0.2, 0.25) is 0 Å². The minimum atomic E-state index is -1.09. The molecular formula is C40H48O6. The summed E-state index contributed by atoms with van der Waals surface area (Å²) in [4.78, 5) is 48.2. The Morgan fingerprint density at radius 3 is 1.11 bits per heavy atom. The number of carbonyl (C=O) groups is 4. The molecule has 0 unspecified atom stereocenters. The van der Waals surface area contributed by atoms with E-state index in [1.165, 1.54) is 0 Å². The first kappa shape index (κ1) is 37.6. The Balaban J connectivity index is 1.96. The summed E-state index contributed by atoms with van der Waals surface area (Å²) in [5.41, 5.74) is 5.10. The average molecular weight is 625 g/mol. The maximum absolute atomic E-state index is 12.5. The standard InChI is InChI=1S/C40H48O6/c1-25(17-13-19-27(3)21-23-31-29(5)35(41)33(37(43)44)39(31,7)8)15-11-12-16-26(2)18-14-20-28(4)22-24-32-30(6)36(42)34(38(45)46)40(32,9)10/h11-24,33-34H,1-10H3,(H,43,44)(H,45,46)/b12-11+,17-13+,18-14+,23-21+,24-22+,25-15+,26-16+,27-19+,28-20+/t33-,34-/m0/s1. The van der Waals surface area contributed by atoms with Gasteiger partial charge in [0.1, 0.15) is 11.8 Å². The van der Waals surface area contributed by atoms with Crippen molar-refractivity contribution in [2.24, 2.45) is 22.7 Å². The quantitative estimate of drug-likeness (QED) is 0.166. The van der Waals surface area contributed by atoms with Crippen LogP contribution in [0.4, 0.5) is 0 Å². The number of ketones is 2. The van der Waals surface area contributed by atoms with E-state index in [1.54, 1.807) is 41.5 Å². The topological polar surface area (TPSA) is 109 Å². The molecule has 0 radical (unpaired) electrons. The normalized spacial score (nSPS) is 23.3. The van der Waals surface area contributed by atoms with Crippen LogP contribution in [0.3, 0.4) is 0 Å². The van der Waals surface area contributed by atoms with E-state index in [1.807, 2.05) is 113 Å². The number of hydrogen-bond acceptors (Lipinski definition) is 4. The van der Waals surface area contributed by atoms with Crippen molar-refractivity contribution in [3.8, 4) is 0 Å². The van der Waals surface area contributed by atoms with Gasteiger partial charge in [0.25, 0.3) is 0 Å². The van der Waals surface area contributed by atoms with E-state index >= 15 is 0 Å². The second-order valence-electron chi connectivity index (χ2n) is 13.2. The van der Waals surface area contributed by atoms with Crippen molar-refractivity contribution >= 4 is 23.5 Å². The predicted octanol–water partition coefficient (Wildman–Crippen LogP) is 8.81. The third kappa shape index (κ3) is 9.00. The number of carbonyl (C=O) groups excluding carboxylic acids is 2. The molecule has 244 valence electrons. The molecule has 46 heavy (non-hydrogen) atoms. The molecule has 0 saturated carbocycles. The molecule has 0 saturated heterocycles. The first-order valence-corrected chi connectivity index (χ1v) is 15.4. The van der Waals surface area contributed by atoms with Gasteiger partial charge < -0.3 is 10.2 Å². The number of allylic oxidation sites excluding steroid dienone is 22. The number of carboxylic acid groups (broad SMARTS) is 2. The maximum Gasteiger partial charge on any atom is 0.315 e. The van der Waals surface area contributed by atoms with Crippen molar-refractivity contribution < 1.29 is 29.4 Å². The molecule has 6 heteroatoms. The summed E-state index contributed by atoms with van der Waals surface area (Å²) in [6.45, 7) is 18.5. The van der Waals surface area contributed by atoms with Crippen molar-refractivity contribution in [3.05, 3.63) is 130 Å². The molecule has 0 aromatic carbocycles. The highest BCUT2D eigenvalue weighted by Crippen LogP contribution is 2.46. The number of carboxylic acids is 2. The Bertz CT molecular complexity index is 1500. The lowest BCUT2D eigenvalue weighted by Crippen LogP contribution is -2.32. The largest absolute Gasteiger partial charge is 0.481 e. The van der Waals surface area contributed by atoms with Gasteiger partial charge >= 0.3 is 11.9 Å². The van der Waals surface area contributed by atoms with Gasteiger partial charge in [0.05, 0.1) is 0 Å². The molecule has 2 N–H and O–H groups in total. The summed E-state index contributed by atoms with van der Waals surface area (Å²) in [6, 6.07) is 0. The van der Waals surface area contributed by atoms with Gasteiger partial charge in [-0.2, -0.15) is 0 Å². The van der Waals surface area contributed by atoms with Crippen LogP contribution in [0.5, 0.6) is 0 Å². The van der Waals surface area contributed by atoms with Crippen molar-refractivity contribution in [1.82, 2.24) is 0 Å². The molecule has 0 aliphatic heterocycles. The molecule has 0 heterocycles. The number of Topliss-reactive ketones (excluding diaryl/α,β-unsaturated/α-hetero) is 2. The number of aliphatic carboxylic acids is 2. The zero-order valence-corrected chi connectivity index (χ0v) is 28.8. The summed E-state index contributed by atoms with van der Waals surface area (Å²) in [6.07, 6.45) is 27.3. The van der Waals surface area contributed by atoms with E-state index in [4.69, 9.17) is 0 Å². The lowest BCUT2D eigenvalue weighted by atomic mass is 9.76. The monoisotopic (exact) mass is 624 g/mol. The van der Waals surface area contributed by atoms with E-state index < -0.39 is 34.6 Å². The van der Waals surface area contributed by atoms with Crippen LogP contribution in [-0.2, 0) is 19.2 Å². The van der Waals surface area contributed by atoms with Gasteiger partial charge in [-0.05, 0) is 63.8 Å². The minimum absolute atomic E-state index is 0.319. The van der Waals surface area contributed by atoms with E-state index in [0.717, 1.165) is 33.4 Å². The van der Waals surface area contributed by atoms with Crippen LogP contribution >= 0.6 is 0 Å². The van der Waals surface area contributed by atoms with Gasteiger partial charge in [0.15, 0.2) is 11.6 Å². The second kappa shape index (κ2) is 15.6. The van der Waals surface area contributed by atoms with Crippen LogP contribution < -0.4 is 0 Å². The highest BCUT2D eigenvalue weighted by molar-refractivity contribution is 6.12. The number of hydrogen-bond donors (Lipinski definition) is 2. The molecular weight excluding hydrogens is 576 g/mol. The molecule has 0 spiro atoms. The van der Waals surface area contributed by atoms with Crippen LogP contribution in [0, 0.1) is 22.7 Å². The fraction of sp³-hybridized carbons (Fsp3) is 0.350. The molecule has 2 aliphatic carbocycles. The van der Waals surface area contributed by atoms with Crippen LogP contribution in [-0.4, -0.2) is 33.7 Å². The minimum Gasteiger partial charge on any atom is -0.481 e. The van der Waals surface area contributed by atoms with Gasteiger partial charge in [-0.25, -0.2) is 0 Å². The van der Waals surface area contributed by atoms with E-state index in [2.05, 4.69) is 0 Å². The summed E-state index contributed by atoms with van der Waals surface area (Å²) in [5.74, 6) is -4.91. The van der Waals surface area contributed by atoms with Crippen LogP contribution in [0.15, 0.2) is 130 Å². The first-order chi connectivity index (χ1) is 21.3. The second-order valence-corrected chi connectivity index (χ2v) is 13.2. The van der Waals surface area contributed by atoms with Gasteiger partial charge in [-0.3, -0.25) is 19.2 Å². The fourth-order valence-electron chi connectivity index (χ4n) is 5.92. The lowest BCUT2D eigenvalue weighted by molar-refractivity contribution is -0.149. The summed E-state index contributed by atoms with van der Waals surface area (Å²) >= 11 is 0. The lowest BCUT2D eigenvalue weighted by Gasteiger charge is -2.25. The average Bonchev–Trinajstić information content (AvgIpc) is 3.22. The number of rotatable bonds is 12. The molecule has 0 amide bonds. The van der Waals surface area contributed by atoms with E-state index in [0.29, 0.717) is 11.1 Å². The van der Waals surface area contributed by atoms with Crippen LogP contribution in [0.25, 0.3) is 0 Å². The summed E-state index contributed by atoms with van der Waals surface area (Å²) in [7, 11) is 0. The Morgan fingerprint density at radius 1 is 0.543 bits per heavy atom. The molecule has 0 fully saturated rings. The van der Waals surface area contributed by atoms with Crippen molar-refractivity contribution in [1.29, 1.82) is 0 Å². The zero-order chi connectivity index (χ0) is 35.0. The molecule has 6 nitrogen and oxygen atoms in total. The Kier molecular flexibility index (Phi) is 12.8. The molecule has 2 aliphatic rings. The SMILES string of the molecule is CC1=C(/C=C/C(C)=C/C=C/C(C)=C/C=C/C=C(C)/C=C/C=C(C)/C=C/C2=C(C)C(=O)[C@@H](C(=O)O)C2(C)C)C(C)(C)[C@H](C(=O)O)C1=O. The van der Waals surface area contributed by atoms with Gasteiger partial charge in [-0.1, -0.05) is 135 Å². The van der Waals surface area contributed by atoms with Crippen LogP contribution in [0.2, 0.25) is 0 Å². The zero-order valence-electron chi connectivity index (χ0n) is 28.8. The predicted molar refractivity (Wildman–Crippen MR) is 186 cm³/mol. The summed E-state index contributed by atoms with van der Waals surface area (Å²) < 4.78 is 0. The highest BCUT2D eigenvalue weighted by Gasteiger charge is 2.50. The smallest absolute Gasteiger partial charge is 0.315 e. The highest BCUT2D eigenvalue weighted by atomic mass is 16.4.